The van der Waals surface area contributed by atoms with Crippen molar-refractivity contribution in [2.45, 2.75) is 25.8 Å². The Bertz CT molecular complexity index is 668. The molecule has 0 aromatic carbocycles. The second-order valence-corrected chi connectivity index (χ2v) is 6.47. The van der Waals surface area contributed by atoms with Crippen molar-refractivity contribution in [1.82, 2.24) is 9.88 Å². The first-order valence-electron chi connectivity index (χ1n) is 7.01. The smallest absolute Gasteiger partial charge is 0.273 e. The number of pyridine rings is 1. The lowest BCUT2D eigenvalue weighted by atomic mass is 10.3. The molecule has 3 rings (SSSR count). The molecule has 1 aliphatic carbocycles. The molecule has 110 valence electrons. The number of aromatic nitrogens is 1. The normalized spacial score (nSPS) is 20.3. The minimum Gasteiger partial charge on any atom is -0.464 e. The zero-order chi connectivity index (χ0) is 15.0. The molecule has 1 aliphatic rings. The Labute approximate surface area is 132 Å². The highest BCUT2D eigenvalue weighted by atomic mass is 79.9. The van der Waals surface area contributed by atoms with Gasteiger partial charge in [0, 0.05) is 23.6 Å². The molecule has 2 heterocycles. The van der Waals surface area contributed by atoms with Crippen LogP contribution in [0.2, 0.25) is 0 Å². The van der Waals surface area contributed by atoms with Crippen molar-refractivity contribution >= 4 is 21.8 Å². The third-order valence-electron chi connectivity index (χ3n) is 3.86. The molecule has 2 atom stereocenters. The fourth-order valence-corrected chi connectivity index (χ4v) is 2.85. The van der Waals surface area contributed by atoms with Crippen LogP contribution in [0.25, 0.3) is 0 Å². The van der Waals surface area contributed by atoms with Crippen molar-refractivity contribution in [3.05, 3.63) is 52.1 Å². The van der Waals surface area contributed by atoms with E-state index in [0.717, 1.165) is 11.5 Å². The molecule has 0 N–H and O–H groups in total. The average Bonchev–Trinajstić information content (AvgIpc) is 3.01. The number of carbonyl (C=O) groups is 1. The summed E-state index contributed by atoms with van der Waals surface area (Å²) in [6.45, 7) is 2.67. The Hall–Kier alpha value is -1.62. The monoisotopic (exact) mass is 348 g/mol. The first kappa shape index (κ1) is 14.3. The summed E-state index contributed by atoms with van der Waals surface area (Å²) >= 11 is 3.36. The van der Waals surface area contributed by atoms with Gasteiger partial charge in [0.25, 0.3) is 5.91 Å². The third-order valence-corrected chi connectivity index (χ3v) is 4.50. The number of furan rings is 1. The second kappa shape index (κ2) is 5.64. The van der Waals surface area contributed by atoms with Crippen molar-refractivity contribution in [3.8, 4) is 0 Å². The maximum absolute atomic E-state index is 12.4. The largest absolute Gasteiger partial charge is 0.464 e. The molecule has 0 bridgehead atoms. The molecule has 1 saturated carbocycles. The van der Waals surface area contributed by atoms with E-state index in [-0.39, 0.29) is 5.91 Å². The van der Waals surface area contributed by atoms with Crippen LogP contribution in [0.1, 0.15) is 41.3 Å². The topological polar surface area (TPSA) is 46.3 Å². The van der Waals surface area contributed by atoms with E-state index >= 15 is 0 Å². The van der Waals surface area contributed by atoms with Gasteiger partial charge in [-0.15, -0.1) is 0 Å². The van der Waals surface area contributed by atoms with Gasteiger partial charge < -0.3 is 9.32 Å². The van der Waals surface area contributed by atoms with Crippen molar-refractivity contribution in [1.29, 1.82) is 0 Å². The molecule has 21 heavy (non-hydrogen) atoms. The van der Waals surface area contributed by atoms with E-state index in [4.69, 9.17) is 4.42 Å². The Morgan fingerprint density at radius 1 is 1.48 bits per heavy atom. The van der Waals surface area contributed by atoms with Gasteiger partial charge in [-0.3, -0.25) is 4.79 Å². The fourth-order valence-electron chi connectivity index (χ4n) is 2.43. The maximum Gasteiger partial charge on any atom is 0.273 e. The molecule has 2 aromatic heterocycles. The van der Waals surface area contributed by atoms with E-state index in [1.54, 1.807) is 24.2 Å². The van der Waals surface area contributed by atoms with Gasteiger partial charge in [-0.1, -0.05) is 6.92 Å². The van der Waals surface area contributed by atoms with Crippen molar-refractivity contribution in [2.24, 2.45) is 5.92 Å². The Morgan fingerprint density at radius 2 is 2.24 bits per heavy atom. The zero-order valence-electron chi connectivity index (χ0n) is 12.0. The number of hydrogen-bond acceptors (Lipinski definition) is 3. The third kappa shape index (κ3) is 3.02. The van der Waals surface area contributed by atoms with Gasteiger partial charge in [-0.25, -0.2) is 4.98 Å². The van der Waals surface area contributed by atoms with Crippen LogP contribution in [0.3, 0.4) is 0 Å². The summed E-state index contributed by atoms with van der Waals surface area (Å²) in [5, 5.41) is 0. The number of hydrogen-bond donors (Lipinski definition) is 0. The van der Waals surface area contributed by atoms with E-state index in [9.17, 15) is 4.79 Å². The summed E-state index contributed by atoms with van der Waals surface area (Å²) in [5.74, 6) is 3.00. The van der Waals surface area contributed by atoms with Crippen LogP contribution >= 0.6 is 15.9 Å². The van der Waals surface area contributed by atoms with Crippen molar-refractivity contribution in [2.75, 3.05) is 7.05 Å². The Morgan fingerprint density at radius 3 is 2.90 bits per heavy atom. The second-order valence-electron chi connectivity index (χ2n) is 5.62. The predicted molar refractivity (Wildman–Crippen MR) is 83.0 cm³/mol. The first-order chi connectivity index (χ1) is 10.1. The van der Waals surface area contributed by atoms with Crippen LogP contribution in [-0.2, 0) is 6.54 Å². The molecule has 5 heteroatoms. The van der Waals surface area contributed by atoms with Crippen LogP contribution in [0.15, 0.2) is 39.4 Å². The number of halogens is 1. The summed E-state index contributed by atoms with van der Waals surface area (Å²) in [4.78, 5) is 18.1. The lowest BCUT2D eigenvalue weighted by Crippen LogP contribution is -2.27. The summed E-state index contributed by atoms with van der Waals surface area (Å²) in [6, 6.07) is 7.58. The first-order valence-corrected chi connectivity index (χ1v) is 7.80. The number of nitrogens with zero attached hydrogens (tertiary/aromatic N) is 2. The van der Waals surface area contributed by atoms with Crippen LogP contribution in [-0.4, -0.2) is 22.8 Å². The summed E-state index contributed by atoms with van der Waals surface area (Å²) < 4.78 is 6.54. The van der Waals surface area contributed by atoms with Gasteiger partial charge in [0.05, 0.1) is 6.54 Å². The summed E-state index contributed by atoms with van der Waals surface area (Å²) in [5.41, 5.74) is 0.419. The molecule has 1 amide bonds. The minimum absolute atomic E-state index is 0.125. The van der Waals surface area contributed by atoms with Crippen molar-refractivity contribution in [3.63, 3.8) is 0 Å². The van der Waals surface area contributed by atoms with E-state index in [0.29, 0.717) is 28.5 Å². The van der Waals surface area contributed by atoms with Gasteiger partial charge in [-0.2, -0.15) is 0 Å². The maximum atomic E-state index is 12.4. The van der Waals surface area contributed by atoms with Crippen LogP contribution in [0.4, 0.5) is 0 Å². The number of amides is 1. The van der Waals surface area contributed by atoms with E-state index in [2.05, 4.69) is 27.8 Å². The minimum atomic E-state index is -0.125. The molecule has 1 fully saturated rings. The SMILES string of the molecule is CC1CC1c1ccc(CN(C)C(=O)c2ncccc2Br)o1. The molecular formula is C16H17BrN2O2. The quantitative estimate of drug-likeness (QED) is 0.843. The van der Waals surface area contributed by atoms with Gasteiger partial charge in [0.1, 0.15) is 17.2 Å². The molecule has 0 aliphatic heterocycles. The van der Waals surface area contributed by atoms with Gasteiger partial charge in [-0.05, 0) is 52.5 Å². The van der Waals surface area contributed by atoms with Crippen LogP contribution in [0, 0.1) is 5.92 Å². The lowest BCUT2D eigenvalue weighted by molar-refractivity contribution is 0.0768. The molecule has 4 nitrogen and oxygen atoms in total. The number of rotatable bonds is 4. The molecule has 0 spiro atoms. The zero-order valence-corrected chi connectivity index (χ0v) is 13.6. The van der Waals surface area contributed by atoms with Gasteiger partial charge in [0.15, 0.2) is 0 Å². The summed E-state index contributed by atoms with van der Waals surface area (Å²) in [7, 11) is 1.76. The molecule has 0 saturated heterocycles. The lowest BCUT2D eigenvalue weighted by Gasteiger charge is -2.15. The molecule has 2 unspecified atom stereocenters. The van der Waals surface area contributed by atoms with Crippen LogP contribution in [0.5, 0.6) is 0 Å². The van der Waals surface area contributed by atoms with E-state index in [1.165, 1.54) is 6.42 Å². The van der Waals surface area contributed by atoms with E-state index in [1.807, 2.05) is 18.2 Å². The molecular weight excluding hydrogens is 332 g/mol. The molecule has 0 radical (unpaired) electrons. The van der Waals surface area contributed by atoms with E-state index < -0.39 is 0 Å². The molecule has 2 aromatic rings. The average molecular weight is 349 g/mol. The summed E-state index contributed by atoms with van der Waals surface area (Å²) in [6.07, 6.45) is 2.81. The van der Waals surface area contributed by atoms with Gasteiger partial charge >= 0.3 is 0 Å². The standard InChI is InChI=1S/C16H17BrN2O2/c1-10-8-12(10)14-6-5-11(21-14)9-19(2)16(20)15-13(17)4-3-7-18-15/h3-7,10,12H,8-9H2,1-2H3. The highest BCUT2D eigenvalue weighted by Crippen LogP contribution is 2.47. The Kier molecular flexibility index (Phi) is 3.85. The number of carbonyl (C=O) groups excluding carboxylic acids is 1. The van der Waals surface area contributed by atoms with Crippen molar-refractivity contribution < 1.29 is 9.21 Å². The highest BCUT2D eigenvalue weighted by Gasteiger charge is 2.36. The Balaban J connectivity index is 1.68. The van der Waals surface area contributed by atoms with Gasteiger partial charge in [0.2, 0.25) is 0 Å². The predicted octanol–water partition coefficient (Wildman–Crippen LogP) is 3.83. The highest BCUT2D eigenvalue weighted by molar-refractivity contribution is 9.10. The van der Waals surface area contributed by atoms with Crippen LogP contribution < -0.4 is 0 Å². The fraction of sp³-hybridized carbons (Fsp3) is 0.375.